The van der Waals surface area contributed by atoms with E-state index in [1.54, 1.807) is 0 Å². The van der Waals surface area contributed by atoms with E-state index in [2.05, 4.69) is 54.0 Å². The molecule has 1 aliphatic rings. The van der Waals surface area contributed by atoms with E-state index < -0.39 is 0 Å². The molecule has 1 amide bonds. The minimum absolute atomic E-state index is 0.0699. The van der Waals surface area contributed by atoms with Crippen molar-refractivity contribution in [3.8, 4) is 0 Å². The Morgan fingerprint density at radius 3 is 2.07 bits per heavy atom. The first kappa shape index (κ1) is 20.6. The van der Waals surface area contributed by atoms with Crippen molar-refractivity contribution in [1.29, 1.82) is 0 Å². The fourth-order valence-electron chi connectivity index (χ4n) is 3.96. The van der Waals surface area contributed by atoms with Gasteiger partial charge in [-0.05, 0) is 31.5 Å². The highest BCUT2D eigenvalue weighted by Crippen LogP contribution is 2.24. The maximum Gasteiger partial charge on any atom is 0.226 e. The first-order valence-electron chi connectivity index (χ1n) is 10.4. The Bertz CT molecular complexity index is 737. The normalized spacial score (nSPS) is 16.1. The summed E-state index contributed by atoms with van der Waals surface area (Å²) in [5, 5.41) is 0. The van der Waals surface area contributed by atoms with E-state index in [4.69, 9.17) is 0 Å². The zero-order chi connectivity index (χ0) is 20.0. The highest BCUT2D eigenvalue weighted by atomic mass is 16.2. The van der Waals surface area contributed by atoms with Crippen molar-refractivity contribution in [2.45, 2.75) is 39.3 Å². The SMILES string of the molecule is CCC(=O)N(CC(C)(C)N1CCN(Cc2ccccc2)CC1)c1ccccc1. The molecule has 0 N–H and O–H groups in total. The van der Waals surface area contributed by atoms with E-state index in [1.807, 2.05) is 42.2 Å². The van der Waals surface area contributed by atoms with Gasteiger partial charge in [0.2, 0.25) is 5.91 Å². The molecule has 1 heterocycles. The Morgan fingerprint density at radius 2 is 1.50 bits per heavy atom. The fourth-order valence-corrected chi connectivity index (χ4v) is 3.96. The molecular weight excluding hydrogens is 346 g/mol. The molecule has 0 atom stereocenters. The molecule has 28 heavy (non-hydrogen) atoms. The van der Waals surface area contributed by atoms with Crippen LogP contribution in [-0.2, 0) is 11.3 Å². The van der Waals surface area contributed by atoms with E-state index >= 15 is 0 Å². The van der Waals surface area contributed by atoms with Crippen LogP contribution in [0, 0.1) is 0 Å². The smallest absolute Gasteiger partial charge is 0.226 e. The molecular formula is C24H33N3O. The number of carbonyl (C=O) groups is 1. The number of hydrogen-bond donors (Lipinski definition) is 0. The minimum Gasteiger partial charge on any atom is -0.311 e. The molecule has 4 heteroatoms. The monoisotopic (exact) mass is 379 g/mol. The first-order valence-corrected chi connectivity index (χ1v) is 10.4. The molecule has 4 nitrogen and oxygen atoms in total. The van der Waals surface area contributed by atoms with Gasteiger partial charge in [-0.1, -0.05) is 55.5 Å². The van der Waals surface area contributed by atoms with Crippen LogP contribution < -0.4 is 4.90 Å². The van der Waals surface area contributed by atoms with E-state index in [9.17, 15) is 4.79 Å². The quantitative estimate of drug-likeness (QED) is 0.727. The van der Waals surface area contributed by atoms with Gasteiger partial charge in [0, 0.05) is 56.9 Å². The molecule has 1 aliphatic heterocycles. The van der Waals surface area contributed by atoms with Crippen LogP contribution in [0.25, 0.3) is 0 Å². The van der Waals surface area contributed by atoms with Crippen LogP contribution in [0.5, 0.6) is 0 Å². The van der Waals surface area contributed by atoms with Crippen LogP contribution in [0.4, 0.5) is 5.69 Å². The van der Waals surface area contributed by atoms with E-state index in [0.29, 0.717) is 13.0 Å². The molecule has 150 valence electrons. The third kappa shape index (κ3) is 5.21. The van der Waals surface area contributed by atoms with Crippen LogP contribution in [0.2, 0.25) is 0 Å². The summed E-state index contributed by atoms with van der Waals surface area (Å²) in [6.45, 7) is 12.4. The Labute approximate surface area is 169 Å². The second-order valence-electron chi connectivity index (χ2n) is 8.23. The predicted molar refractivity (Wildman–Crippen MR) is 116 cm³/mol. The zero-order valence-corrected chi connectivity index (χ0v) is 17.5. The van der Waals surface area contributed by atoms with Gasteiger partial charge in [-0.3, -0.25) is 14.6 Å². The summed E-state index contributed by atoms with van der Waals surface area (Å²) in [5.74, 6) is 0.182. The number of rotatable bonds is 7. The fraction of sp³-hybridized carbons (Fsp3) is 0.458. The van der Waals surface area contributed by atoms with Crippen LogP contribution >= 0.6 is 0 Å². The van der Waals surface area contributed by atoms with Gasteiger partial charge in [-0.25, -0.2) is 0 Å². The number of carbonyl (C=O) groups excluding carboxylic acids is 1. The number of hydrogen-bond acceptors (Lipinski definition) is 3. The van der Waals surface area contributed by atoms with E-state index in [-0.39, 0.29) is 11.4 Å². The van der Waals surface area contributed by atoms with Gasteiger partial charge in [0.15, 0.2) is 0 Å². The summed E-state index contributed by atoms with van der Waals surface area (Å²) in [4.78, 5) is 19.6. The average Bonchev–Trinajstić information content (AvgIpc) is 2.73. The highest BCUT2D eigenvalue weighted by Gasteiger charge is 2.33. The summed E-state index contributed by atoms with van der Waals surface area (Å²) in [7, 11) is 0. The van der Waals surface area contributed by atoms with Gasteiger partial charge in [0.1, 0.15) is 0 Å². The van der Waals surface area contributed by atoms with Crippen molar-refractivity contribution in [3.63, 3.8) is 0 Å². The molecule has 0 aliphatic carbocycles. The number of nitrogens with zero attached hydrogens (tertiary/aromatic N) is 3. The minimum atomic E-state index is -0.0699. The van der Waals surface area contributed by atoms with Gasteiger partial charge >= 0.3 is 0 Å². The van der Waals surface area contributed by atoms with Crippen LogP contribution in [0.15, 0.2) is 60.7 Å². The molecule has 0 aromatic heterocycles. The van der Waals surface area contributed by atoms with Gasteiger partial charge in [0.25, 0.3) is 0 Å². The van der Waals surface area contributed by atoms with Crippen LogP contribution in [0.3, 0.4) is 0 Å². The van der Waals surface area contributed by atoms with Gasteiger partial charge in [-0.2, -0.15) is 0 Å². The lowest BCUT2D eigenvalue weighted by atomic mass is 9.99. The molecule has 0 saturated carbocycles. The van der Waals surface area contributed by atoms with Crippen LogP contribution in [0.1, 0.15) is 32.8 Å². The molecule has 1 fully saturated rings. The average molecular weight is 380 g/mol. The lowest BCUT2D eigenvalue weighted by Crippen LogP contribution is -2.59. The molecule has 0 unspecified atom stereocenters. The number of piperazine rings is 1. The molecule has 0 bridgehead atoms. The van der Waals surface area contributed by atoms with Gasteiger partial charge < -0.3 is 4.90 Å². The second-order valence-corrected chi connectivity index (χ2v) is 8.23. The third-order valence-electron chi connectivity index (χ3n) is 5.69. The van der Waals surface area contributed by atoms with Crippen molar-refractivity contribution >= 4 is 11.6 Å². The standard InChI is InChI=1S/C24H33N3O/c1-4-23(28)27(22-13-9-6-10-14-22)20-24(2,3)26-17-15-25(16-18-26)19-21-11-7-5-8-12-21/h5-14H,4,15-20H2,1-3H3. The van der Waals surface area contributed by atoms with Crippen molar-refractivity contribution in [2.24, 2.45) is 0 Å². The maximum atomic E-state index is 12.6. The summed E-state index contributed by atoms with van der Waals surface area (Å²) >= 11 is 0. The summed E-state index contributed by atoms with van der Waals surface area (Å²) in [5.41, 5.74) is 2.30. The number of para-hydroxylation sites is 1. The van der Waals surface area contributed by atoms with Gasteiger partial charge in [-0.15, -0.1) is 0 Å². The molecule has 0 radical (unpaired) electrons. The Hall–Kier alpha value is -2.17. The Balaban J connectivity index is 1.61. The second kappa shape index (κ2) is 9.35. The number of amides is 1. The van der Waals surface area contributed by atoms with E-state index in [0.717, 1.165) is 38.4 Å². The zero-order valence-electron chi connectivity index (χ0n) is 17.5. The summed E-state index contributed by atoms with van der Waals surface area (Å²) < 4.78 is 0. The molecule has 2 aromatic carbocycles. The lowest BCUT2D eigenvalue weighted by molar-refractivity contribution is -0.118. The molecule has 0 spiro atoms. The Kier molecular flexibility index (Phi) is 6.87. The maximum absolute atomic E-state index is 12.6. The number of anilines is 1. The number of benzene rings is 2. The molecule has 1 saturated heterocycles. The highest BCUT2D eigenvalue weighted by molar-refractivity contribution is 5.93. The molecule has 3 rings (SSSR count). The first-order chi connectivity index (χ1) is 13.5. The lowest BCUT2D eigenvalue weighted by Gasteiger charge is -2.46. The topological polar surface area (TPSA) is 26.8 Å². The largest absolute Gasteiger partial charge is 0.311 e. The predicted octanol–water partition coefficient (Wildman–Crippen LogP) is 4.03. The van der Waals surface area contributed by atoms with Crippen molar-refractivity contribution in [3.05, 3.63) is 66.2 Å². The molecule has 2 aromatic rings. The van der Waals surface area contributed by atoms with Crippen molar-refractivity contribution < 1.29 is 4.79 Å². The van der Waals surface area contributed by atoms with Crippen LogP contribution in [-0.4, -0.2) is 54.0 Å². The van der Waals surface area contributed by atoms with E-state index in [1.165, 1.54) is 5.56 Å². The Morgan fingerprint density at radius 1 is 0.929 bits per heavy atom. The third-order valence-corrected chi connectivity index (χ3v) is 5.69. The van der Waals surface area contributed by atoms with Gasteiger partial charge in [0.05, 0.1) is 0 Å². The summed E-state index contributed by atoms with van der Waals surface area (Å²) in [6, 6.07) is 20.7. The summed E-state index contributed by atoms with van der Waals surface area (Å²) in [6.07, 6.45) is 0.524. The van der Waals surface area contributed by atoms with Crippen molar-refractivity contribution in [2.75, 3.05) is 37.6 Å². The van der Waals surface area contributed by atoms with Crippen molar-refractivity contribution in [1.82, 2.24) is 9.80 Å².